The molecule has 2 fully saturated rings. The molecule has 0 spiro atoms. The third kappa shape index (κ3) is 4.16. The van der Waals surface area contributed by atoms with Gasteiger partial charge in [0.2, 0.25) is 0 Å². The van der Waals surface area contributed by atoms with Gasteiger partial charge in [-0.25, -0.2) is 9.67 Å². The highest BCUT2D eigenvalue weighted by molar-refractivity contribution is 5.87. The Morgan fingerprint density at radius 3 is 2.54 bits per heavy atom. The second-order valence-corrected chi connectivity index (χ2v) is 9.54. The number of pyridine rings is 1. The lowest BCUT2D eigenvalue weighted by molar-refractivity contribution is 0.0172. The summed E-state index contributed by atoms with van der Waals surface area (Å²) < 4.78 is 7.33. The first-order chi connectivity index (χ1) is 17.2. The number of aromatic nitrogens is 3. The van der Waals surface area contributed by atoms with Crippen molar-refractivity contribution in [2.24, 2.45) is 5.92 Å². The van der Waals surface area contributed by atoms with E-state index in [0.717, 1.165) is 73.4 Å². The van der Waals surface area contributed by atoms with E-state index in [9.17, 15) is 5.26 Å². The van der Waals surface area contributed by atoms with E-state index in [0.29, 0.717) is 23.0 Å². The van der Waals surface area contributed by atoms with Crippen LogP contribution in [0.15, 0.2) is 60.7 Å². The summed E-state index contributed by atoms with van der Waals surface area (Å²) >= 11 is 0. The molecule has 35 heavy (non-hydrogen) atoms. The molecule has 2 aliphatic rings. The van der Waals surface area contributed by atoms with Crippen molar-refractivity contribution < 1.29 is 4.74 Å². The highest BCUT2D eigenvalue weighted by Gasteiger charge is 2.35. The first kappa shape index (κ1) is 21.8. The Kier molecular flexibility index (Phi) is 5.69. The number of ether oxygens (including phenoxy) is 1. The third-order valence-electron chi connectivity index (χ3n) is 7.27. The predicted molar refractivity (Wildman–Crippen MR) is 137 cm³/mol. The smallest absolute Gasteiger partial charge is 0.140 e. The first-order valence-electron chi connectivity index (χ1n) is 12.2. The van der Waals surface area contributed by atoms with Gasteiger partial charge in [0, 0.05) is 36.1 Å². The molecule has 0 radical (unpaired) electrons. The van der Waals surface area contributed by atoms with E-state index in [2.05, 4.69) is 29.2 Å². The van der Waals surface area contributed by atoms with Crippen LogP contribution in [-0.4, -0.2) is 52.5 Å². The number of nitrogen functional groups attached to an aromatic ring is 1. The van der Waals surface area contributed by atoms with Crippen LogP contribution in [0.4, 0.5) is 5.82 Å². The summed E-state index contributed by atoms with van der Waals surface area (Å²) in [4.78, 5) is 7.36. The van der Waals surface area contributed by atoms with E-state index in [1.807, 2.05) is 47.1 Å². The first-order valence-corrected chi connectivity index (χ1v) is 12.2. The van der Waals surface area contributed by atoms with E-state index in [4.69, 9.17) is 20.6 Å². The highest BCUT2D eigenvalue weighted by Crippen LogP contribution is 2.41. The number of nitriles is 1. The third-order valence-corrected chi connectivity index (χ3v) is 7.27. The van der Waals surface area contributed by atoms with Crippen LogP contribution in [0.25, 0.3) is 33.4 Å². The standard InChI is InChI=1S/C28H28N6O/c29-17-24-27(32-34(28(24)30)23-14-19(15-23)18-33-10-12-35-13-11-33)22-7-6-21-8-9-25(31-26(21)16-22)20-4-2-1-3-5-20/h1-9,16,19,23H,10-15,18,30H2. The predicted octanol–water partition coefficient (Wildman–Crippen LogP) is 4.50. The number of morpholine rings is 1. The molecule has 0 unspecified atom stereocenters. The monoisotopic (exact) mass is 464 g/mol. The molecule has 7 heteroatoms. The SMILES string of the molecule is N#Cc1c(-c2ccc3ccc(-c4ccccc4)nc3c2)nn(C2CC(CN3CCOCC3)C2)c1N. The number of nitrogens with zero attached hydrogens (tertiary/aromatic N) is 5. The lowest BCUT2D eigenvalue weighted by atomic mass is 9.80. The Morgan fingerprint density at radius 1 is 1.00 bits per heavy atom. The Morgan fingerprint density at radius 2 is 1.77 bits per heavy atom. The molecule has 0 bridgehead atoms. The van der Waals surface area contributed by atoms with E-state index in [1.54, 1.807) is 0 Å². The summed E-state index contributed by atoms with van der Waals surface area (Å²) in [5.41, 5.74) is 11.2. The van der Waals surface area contributed by atoms with Crippen LogP contribution in [-0.2, 0) is 4.74 Å². The maximum absolute atomic E-state index is 9.90. The van der Waals surface area contributed by atoms with Crippen molar-refractivity contribution in [2.45, 2.75) is 18.9 Å². The van der Waals surface area contributed by atoms with Gasteiger partial charge in [0.25, 0.3) is 0 Å². The van der Waals surface area contributed by atoms with Gasteiger partial charge in [0.1, 0.15) is 23.1 Å². The molecule has 7 nitrogen and oxygen atoms in total. The Hall–Kier alpha value is -3.73. The fourth-order valence-corrected chi connectivity index (χ4v) is 5.27. The van der Waals surface area contributed by atoms with E-state index < -0.39 is 0 Å². The minimum absolute atomic E-state index is 0.241. The molecule has 2 N–H and O–H groups in total. The maximum atomic E-state index is 9.90. The number of fused-ring (bicyclic) bond motifs is 1. The maximum Gasteiger partial charge on any atom is 0.140 e. The van der Waals surface area contributed by atoms with Gasteiger partial charge in [-0.05, 0) is 30.9 Å². The summed E-state index contributed by atoms with van der Waals surface area (Å²) in [7, 11) is 0. The van der Waals surface area contributed by atoms with Gasteiger partial charge in [0.15, 0.2) is 0 Å². The molecule has 1 saturated heterocycles. The van der Waals surface area contributed by atoms with Crippen molar-refractivity contribution in [1.82, 2.24) is 19.7 Å². The summed E-state index contributed by atoms with van der Waals surface area (Å²) in [6.07, 6.45) is 2.07. The van der Waals surface area contributed by atoms with E-state index in [1.165, 1.54) is 0 Å². The van der Waals surface area contributed by atoms with E-state index >= 15 is 0 Å². The van der Waals surface area contributed by atoms with Crippen molar-refractivity contribution in [3.63, 3.8) is 0 Å². The van der Waals surface area contributed by atoms with Gasteiger partial charge in [-0.1, -0.05) is 48.5 Å². The van der Waals surface area contributed by atoms with Crippen molar-refractivity contribution in [3.05, 3.63) is 66.2 Å². The number of benzene rings is 2. The van der Waals surface area contributed by atoms with Crippen LogP contribution in [0.5, 0.6) is 0 Å². The average Bonchev–Trinajstić information content (AvgIpc) is 3.22. The number of hydrogen-bond acceptors (Lipinski definition) is 6. The lowest BCUT2D eigenvalue weighted by Crippen LogP contribution is -2.43. The fraction of sp³-hybridized carbons (Fsp3) is 0.321. The molecule has 1 aliphatic heterocycles. The Bertz CT molecular complexity index is 1390. The van der Waals surface area contributed by atoms with Crippen molar-refractivity contribution in [1.29, 1.82) is 5.26 Å². The van der Waals surface area contributed by atoms with Gasteiger partial charge in [0.05, 0.1) is 30.5 Å². The number of hydrogen-bond donors (Lipinski definition) is 1. The molecule has 2 aromatic carbocycles. The van der Waals surface area contributed by atoms with E-state index in [-0.39, 0.29) is 6.04 Å². The minimum Gasteiger partial charge on any atom is -0.383 e. The zero-order valence-electron chi connectivity index (χ0n) is 19.6. The quantitative estimate of drug-likeness (QED) is 0.467. The molecule has 1 saturated carbocycles. The van der Waals surface area contributed by atoms with Crippen LogP contribution in [0, 0.1) is 17.2 Å². The molecule has 2 aromatic heterocycles. The second kappa shape index (κ2) is 9.14. The molecule has 0 amide bonds. The molecule has 6 rings (SSSR count). The van der Waals surface area contributed by atoms with Crippen molar-refractivity contribution in [3.8, 4) is 28.6 Å². The Balaban J connectivity index is 1.26. The van der Waals surface area contributed by atoms with Gasteiger partial charge in [-0.3, -0.25) is 4.90 Å². The fourth-order valence-electron chi connectivity index (χ4n) is 5.27. The van der Waals surface area contributed by atoms with Crippen LogP contribution < -0.4 is 5.73 Å². The molecule has 0 atom stereocenters. The zero-order chi connectivity index (χ0) is 23.8. The molecule has 4 aromatic rings. The number of rotatable bonds is 5. The largest absolute Gasteiger partial charge is 0.383 e. The molecule has 1 aliphatic carbocycles. The Labute approximate surface area is 204 Å². The van der Waals surface area contributed by atoms with Crippen LogP contribution in [0.2, 0.25) is 0 Å². The zero-order valence-corrected chi connectivity index (χ0v) is 19.6. The summed E-state index contributed by atoms with van der Waals surface area (Å²) in [5.74, 6) is 1.10. The van der Waals surface area contributed by atoms with Crippen molar-refractivity contribution >= 4 is 16.7 Å². The highest BCUT2D eigenvalue weighted by atomic mass is 16.5. The van der Waals surface area contributed by atoms with Gasteiger partial charge in [-0.2, -0.15) is 10.4 Å². The average molecular weight is 465 g/mol. The van der Waals surface area contributed by atoms with Crippen LogP contribution in [0.3, 0.4) is 0 Å². The topological polar surface area (TPSA) is 93.0 Å². The van der Waals surface area contributed by atoms with Crippen LogP contribution >= 0.6 is 0 Å². The van der Waals surface area contributed by atoms with Crippen LogP contribution in [0.1, 0.15) is 24.4 Å². The number of anilines is 1. The molecular weight excluding hydrogens is 436 g/mol. The summed E-state index contributed by atoms with van der Waals surface area (Å²) in [6.45, 7) is 4.76. The van der Waals surface area contributed by atoms with Crippen molar-refractivity contribution in [2.75, 3.05) is 38.6 Å². The van der Waals surface area contributed by atoms with Gasteiger partial charge >= 0.3 is 0 Å². The normalized spacial score (nSPS) is 20.4. The molecular formula is C28H28N6O. The van der Waals surface area contributed by atoms with Gasteiger partial charge < -0.3 is 10.5 Å². The lowest BCUT2D eigenvalue weighted by Gasteiger charge is -2.39. The minimum atomic E-state index is 0.241. The molecule has 3 heterocycles. The second-order valence-electron chi connectivity index (χ2n) is 9.54. The number of nitrogens with two attached hydrogens (primary N) is 1. The summed E-state index contributed by atoms with van der Waals surface area (Å²) in [6, 6.07) is 22.8. The molecule has 176 valence electrons. The van der Waals surface area contributed by atoms with Gasteiger partial charge in [-0.15, -0.1) is 0 Å². The summed E-state index contributed by atoms with van der Waals surface area (Å²) in [5, 5.41) is 15.8.